The zero-order valence-corrected chi connectivity index (χ0v) is 16.3. The summed E-state index contributed by atoms with van der Waals surface area (Å²) in [5.74, 6) is -0.664. The second-order valence-electron chi connectivity index (χ2n) is 6.91. The van der Waals surface area contributed by atoms with Crippen LogP contribution in [-0.4, -0.2) is 55.0 Å². The van der Waals surface area contributed by atoms with E-state index in [1.807, 2.05) is 31.2 Å². The number of hydrogen-bond donors (Lipinski definition) is 2. The van der Waals surface area contributed by atoms with E-state index >= 15 is 0 Å². The van der Waals surface area contributed by atoms with Crippen LogP contribution in [0.3, 0.4) is 0 Å². The lowest BCUT2D eigenvalue weighted by molar-refractivity contribution is -0.151. The Morgan fingerprint density at radius 2 is 2.07 bits per heavy atom. The molecule has 1 aromatic rings. The van der Waals surface area contributed by atoms with Gasteiger partial charge in [-0.2, -0.15) is 0 Å². The van der Waals surface area contributed by atoms with Crippen LogP contribution >= 0.6 is 0 Å². The summed E-state index contributed by atoms with van der Waals surface area (Å²) in [5.41, 5.74) is 2.03. The molecule has 148 valence electrons. The molecule has 27 heavy (non-hydrogen) atoms. The predicted octanol–water partition coefficient (Wildman–Crippen LogP) is 1.89. The average Bonchev–Trinajstić information content (AvgIpc) is 2.66. The van der Waals surface area contributed by atoms with Crippen molar-refractivity contribution in [3.8, 4) is 0 Å². The molecular formula is C20H29N3O4. The molecule has 0 spiro atoms. The van der Waals surface area contributed by atoms with Crippen LogP contribution < -0.4 is 10.6 Å². The van der Waals surface area contributed by atoms with Gasteiger partial charge in [-0.25, -0.2) is 0 Å². The number of esters is 1. The van der Waals surface area contributed by atoms with Crippen molar-refractivity contribution in [3.63, 3.8) is 0 Å². The highest BCUT2D eigenvalue weighted by Gasteiger charge is 2.34. The molecule has 1 aromatic carbocycles. The van der Waals surface area contributed by atoms with Crippen LogP contribution in [-0.2, 0) is 19.1 Å². The van der Waals surface area contributed by atoms with Gasteiger partial charge in [-0.3, -0.25) is 14.4 Å². The van der Waals surface area contributed by atoms with E-state index in [0.29, 0.717) is 32.0 Å². The molecule has 0 aromatic heterocycles. The molecule has 0 aliphatic carbocycles. The first-order valence-electron chi connectivity index (χ1n) is 9.49. The predicted molar refractivity (Wildman–Crippen MR) is 103 cm³/mol. The van der Waals surface area contributed by atoms with Crippen LogP contribution in [0.15, 0.2) is 24.3 Å². The fraction of sp³-hybridized carbons (Fsp3) is 0.550. The van der Waals surface area contributed by atoms with Gasteiger partial charge in [0.05, 0.1) is 19.6 Å². The van der Waals surface area contributed by atoms with Crippen molar-refractivity contribution < 1.29 is 19.1 Å². The van der Waals surface area contributed by atoms with E-state index in [1.165, 1.54) is 4.90 Å². The maximum Gasteiger partial charge on any atom is 0.308 e. The van der Waals surface area contributed by atoms with Gasteiger partial charge in [0, 0.05) is 18.8 Å². The van der Waals surface area contributed by atoms with Crippen molar-refractivity contribution >= 4 is 23.5 Å². The number of nitrogens with one attached hydrogen (secondary N) is 2. The zero-order valence-electron chi connectivity index (χ0n) is 16.3. The Bertz CT molecular complexity index is 675. The Kier molecular flexibility index (Phi) is 7.64. The minimum Gasteiger partial charge on any atom is -0.466 e. The second-order valence-corrected chi connectivity index (χ2v) is 6.91. The lowest BCUT2D eigenvalue weighted by atomic mass is 10.0. The molecule has 2 N–H and O–H groups in total. The van der Waals surface area contributed by atoms with Gasteiger partial charge in [-0.1, -0.05) is 39.0 Å². The molecule has 1 saturated heterocycles. The van der Waals surface area contributed by atoms with Crippen molar-refractivity contribution in [1.82, 2.24) is 10.2 Å². The van der Waals surface area contributed by atoms with Gasteiger partial charge in [-0.15, -0.1) is 0 Å². The standard InChI is InChI=1S/C20H29N3O4/c1-4-11-27-19(25)12-17-20(26)21-9-10-23(17)18(24)13-22-16-8-6-5-7-15(16)14(2)3/h5-8,14,17,22H,4,9-13H2,1-3H3,(H,21,26). The highest BCUT2D eigenvalue weighted by atomic mass is 16.5. The average molecular weight is 375 g/mol. The Morgan fingerprint density at radius 3 is 2.78 bits per heavy atom. The fourth-order valence-electron chi connectivity index (χ4n) is 3.08. The molecular weight excluding hydrogens is 346 g/mol. The van der Waals surface area contributed by atoms with Gasteiger partial charge < -0.3 is 20.3 Å². The van der Waals surface area contributed by atoms with Crippen LogP contribution in [0.4, 0.5) is 5.69 Å². The van der Waals surface area contributed by atoms with E-state index < -0.39 is 12.0 Å². The van der Waals surface area contributed by atoms with Crippen molar-refractivity contribution in [2.24, 2.45) is 0 Å². The molecule has 1 aliphatic heterocycles. The fourth-order valence-corrected chi connectivity index (χ4v) is 3.08. The highest BCUT2D eigenvalue weighted by Crippen LogP contribution is 2.23. The van der Waals surface area contributed by atoms with Crippen LogP contribution in [0.2, 0.25) is 0 Å². The number of piperazine rings is 1. The number of anilines is 1. The molecule has 1 fully saturated rings. The van der Waals surface area contributed by atoms with E-state index in [4.69, 9.17) is 4.74 Å². The van der Waals surface area contributed by atoms with E-state index in [9.17, 15) is 14.4 Å². The number of nitrogens with zero attached hydrogens (tertiary/aromatic N) is 1. The maximum atomic E-state index is 12.7. The van der Waals surface area contributed by atoms with Crippen molar-refractivity contribution in [3.05, 3.63) is 29.8 Å². The molecule has 0 saturated carbocycles. The lowest BCUT2D eigenvalue weighted by Gasteiger charge is -2.34. The third-order valence-electron chi connectivity index (χ3n) is 4.49. The Balaban J connectivity index is 2.02. The van der Waals surface area contributed by atoms with Gasteiger partial charge in [0.1, 0.15) is 6.04 Å². The van der Waals surface area contributed by atoms with Crippen molar-refractivity contribution in [2.75, 3.05) is 31.6 Å². The summed E-state index contributed by atoms with van der Waals surface area (Å²) in [5, 5.41) is 5.89. The molecule has 1 atom stereocenters. The SMILES string of the molecule is CCCOC(=O)CC1C(=O)NCCN1C(=O)CNc1ccccc1C(C)C. The number of hydrogen-bond acceptors (Lipinski definition) is 5. The zero-order chi connectivity index (χ0) is 19.8. The monoisotopic (exact) mass is 375 g/mol. The summed E-state index contributed by atoms with van der Waals surface area (Å²) in [6, 6.07) is 7.02. The first-order valence-corrected chi connectivity index (χ1v) is 9.49. The number of rotatable bonds is 8. The number of carbonyl (C=O) groups is 3. The van der Waals surface area contributed by atoms with Crippen molar-refractivity contribution in [1.29, 1.82) is 0 Å². The van der Waals surface area contributed by atoms with E-state index in [1.54, 1.807) is 0 Å². The van der Waals surface area contributed by atoms with E-state index in [-0.39, 0.29) is 24.8 Å². The lowest BCUT2D eigenvalue weighted by Crippen LogP contribution is -2.58. The molecule has 1 heterocycles. The van der Waals surface area contributed by atoms with Crippen LogP contribution in [0.5, 0.6) is 0 Å². The number of amides is 2. The summed E-state index contributed by atoms with van der Waals surface area (Å²) in [7, 11) is 0. The minimum atomic E-state index is -0.822. The highest BCUT2D eigenvalue weighted by molar-refractivity contribution is 5.93. The summed E-state index contributed by atoms with van der Waals surface area (Å²) in [4.78, 5) is 38.3. The van der Waals surface area contributed by atoms with E-state index in [2.05, 4.69) is 24.5 Å². The van der Waals surface area contributed by atoms with Crippen LogP contribution in [0.1, 0.15) is 45.1 Å². The summed E-state index contributed by atoms with van der Waals surface area (Å²) < 4.78 is 5.07. The molecule has 0 bridgehead atoms. The minimum absolute atomic E-state index is 0.0670. The van der Waals surface area contributed by atoms with Gasteiger partial charge in [0.25, 0.3) is 0 Å². The molecule has 0 radical (unpaired) electrons. The largest absolute Gasteiger partial charge is 0.466 e. The van der Waals surface area contributed by atoms with Crippen molar-refractivity contribution in [2.45, 2.75) is 45.6 Å². The third-order valence-corrected chi connectivity index (χ3v) is 4.49. The number of benzene rings is 1. The van der Waals surface area contributed by atoms with Gasteiger partial charge in [0.2, 0.25) is 11.8 Å². The first-order chi connectivity index (χ1) is 12.9. The summed E-state index contributed by atoms with van der Waals surface area (Å²) >= 11 is 0. The molecule has 1 unspecified atom stereocenters. The van der Waals surface area contributed by atoms with Gasteiger partial charge >= 0.3 is 5.97 Å². The number of carbonyl (C=O) groups excluding carboxylic acids is 3. The molecule has 7 nitrogen and oxygen atoms in total. The number of ether oxygens (including phenoxy) is 1. The first kappa shape index (κ1) is 20.7. The Hall–Kier alpha value is -2.57. The third kappa shape index (κ3) is 5.70. The Labute approximate surface area is 160 Å². The normalized spacial score (nSPS) is 16.8. The summed E-state index contributed by atoms with van der Waals surface area (Å²) in [6.45, 7) is 7.23. The quantitative estimate of drug-likeness (QED) is 0.678. The van der Waals surface area contributed by atoms with Gasteiger partial charge in [-0.05, 0) is 24.0 Å². The molecule has 1 aliphatic rings. The van der Waals surface area contributed by atoms with E-state index in [0.717, 1.165) is 11.3 Å². The Morgan fingerprint density at radius 1 is 1.33 bits per heavy atom. The smallest absolute Gasteiger partial charge is 0.308 e. The molecule has 7 heteroatoms. The van der Waals surface area contributed by atoms with Crippen LogP contribution in [0.25, 0.3) is 0 Å². The number of para-hydroxylation sites is 1. The topological polar surface area (TPSA) is 87.7 Å². The summed E-state index contributed by atoms with van der Waals surface area (Å²) in [6.07, 6.45) is 0.588. The molecule has 2 rings (SSSR count). The van der Waals surface area contributed by atoms with Gasteiger partial charge in [0.15, 0.2) is 0 Å². The van der Waals surface area contributed by atoms with Crippen LogP contribution in [0, 0.1) is 0 Å². The molecule has 2 amide bonds. The maximum absolute atomic E-state index is 12.7. The second kappa shape index (κ2) is 9.94.